The molecule has 3 aromatic rings. The molecule has 0 saturated carbocycles. The number of hydrogen-bond donors (Lipinski definition) is 1. The summed E-state index contributed by atoms with van der Waals surface area (Å²) in [6, 6.07) is 19.3. The Morgan fingerprint density at radius 1 is 1.00 bits per heavy atom. The first kappa shape index (κ1) is 27.7. The molecule has 2 heterocycles. The number of benzene rings is 2. The van der Waals surface area contributed by atoms with Crippen LogP contribution in [0.2, 0.25) is 0 Å². The minimum Gasteiger partial charge on any atom is -0.477 e. The first-order valence-corrected chi connectivity index (χ1v) is 14.3. The molecule has 1 unspecified atom stereocenters. The van der Waals surface area contributed by atoms with Gasteiger partial charge < -0.3 is 19.5 Å². The van der Waals surface area contributed by atoms with Crippen molar-refractivity contribution in [2.24, 2.45) is 0 Å². The summed E-state index contributed by atoms with van der Waals surface area (Å²) in [5.41, 5.74) is 3.93. The first-order valence-electron chi connectivity index (χ1n) is 13.5. The highest BCUT2D eigenvalue weighted by atomic mass is 32.1. The Bertz CT molecular complexity index is 1370. The highest BCUT2D eigenvalue weighted by Gasteiger charge is 2.35. The number of nitrogens with zero attached hydrogens (tertiary/aromatic N) is 2. The number of hydrogen-bond acceptors (Lipinski definition) is 6. The lowest BCUT2D eigenvalue weighted by Gasteiger charge is -2.39. The lowest BCUT2D eigenvalue weighted by Crippen LogP contribution is -2.52. The summed E-state index contributed by atoms with van der Waals surface area (Å²) in [5.74, 6) is -1.08. The van der Waals surface area contributed by atoms with E-state index in [1.54, 1.807) is 21.9 Å². The van der Waals surface area contributed by atoms with E-state index >= 15 is 0 Å². The van der Waals surface area contributed by atoms with E-state index in [4.69, 9.17) is 9.47 Å². The molecule has 0 bridgehead atoms. The zero-order chi connectivity index (χ0) is 28.4. The number of carbonyl (C=O) groups is 3. The average molecular weight is 563 g/mol. The lowest BCUT2D eigenvalue weighted by atomic mass is 9.98. The number of aromatic carboxylic acids is 1. The number of thiophene rings is 1. The molecule has 1 atom stereocenters. The molecule has 2 amide bonds. The third kappa shape index (κ3) is 5.99. The van der Waals surface area contributed by atoms with Gasteiger partial charge in [-0.2, -0.15) is 0 Å². The van der Waals surface area contributed by atoms with Gasteiger partial charge in [-0.25, -0.2) is 14.4 Å². The largest absolute Gasteiger partial charge is 0.477 e. The predicted molar refractivity (Wildman–Crippen MR) is 153 cm³/mol. The molecule has 1 fully saturated rings. The standard InChI is InChI=1S/C31H34N2O6S/c1-31(2,3)39-29(36)32-16-8-9-20(17-32)33(18-21-14-15-27(40-21)28(34)35)30(37)38-19-26-24-12-6-4-10-22(24)23-11-5-7-13-25(23)26/h4-7,10-15,20,26H,8-9,16-19H2,1-3H3,(H,34,35). The zero-order valence-corrected chi connectivity index (χ0v) is 23.8. The second-order valence-corrected chi connectivity index (χ2v) is 12.4. The first-order chi connectivity index (χ1) is 19.1. The van der Waals surface area contributed by atoms with Crippen LogP contribution in [0.3, 0.4) is 0 Å². The van der Waals surface area contributed by atoms with E-state index in [0.717, 1.165) is 38.5 Å². The van der Waals surface area contributed by atoms with Crippen molar-refractivity contribution < 1.29 is 29.0 Å². The van der Waals surface area contributed by atoms with Gasteiger partial charge >= 0.3 is 18.2 Å². The Balaban J connectivity index is 1.36. The smallest absolute Gasteiger partial charge is 0.410 e. The molecule has 0 radical (unpaired) electrons. The van der Waals surface area contributed by atoms with Crippen molar-refractivity contribution in [2.45, 2.75) is 57.7 Å². The Morgan fingerprint density at radius 3 is 2.25 bits per heavy atom. The van der Waals surface area contributed by atoms with E-state index < -0.39 is 23.8 Å². The van der Waals surface area contributed by atoms with Crippen LogP contribution < -0.4 is 0 Å². The zero-order valence-electron chi connectivity index (χ0n) is 23.0. The molecule has 2 aromatic carbocycles. The average Bonchev–Trinajstić information content (AvgIpc) is 3.53. The van der Waals surface area contributed by atoms with Crippen LogP contribution in [0.15, 0.2) is 60.7 Å². The van der Waals surface area contributed by atoms with E-state index in [-0.39, 0.29) is 30.0 Å². The van der Waals surface area contributed by atoms with E-state index in [0.29, 0.717) is 25.9 Å². The fourth-order valence-corrected chi connectivity index (χ4v) is 6.31. The van der Waals surface area contributed by atoms with Gasteiger partial charge in [0.25, 0.3) is 0 Å². The van der Waals surface area contributed by atoms with Crippen LogP contribution in [0, 0.1) is 0 Å². The fraction of sp³-hybridized carbons (Fsp3) is 0.387. The molecule has 0 spiro atoms. The normalized spacial score (nSPS) is 16.7. The number of amides is 2. The summed E-state index contributed by atoms with van der Waals surface area (Å²) in [6.07, 6.45) is 0.514. The third-order valence-electron chi connectivity index (χ3n) is 7.26. The molecular formula is C31H34N2O6S. The summed E-state index contributed by atoms with van der Waals surface area (Å²) in [5, 5.41) is 9.39. The Hall–Kier alpha value is -3.85. The summed E-state index contributed by atoms with van der Waals surface area (Å²) < 4.78 is 11.6. The number of ether oxygens (including phenoxy) is 2. The maximum atomic E-state index is 13.7. The van der Waals surface area contributed by atoms with E-state index in [2.05, 4.69) is 24.3 Å². The van der Waals surface area contributed by atoms with Gasteiger partial charge in [-0.1, -0.05) is 48.5 Å². The van der Waals surface area contributed by atoms with Gasteiger partial charge in [-0.15, -0.1) is 11.3 Å². The highest BCUT2D eigenvalue weighted by Crippen LogP contribution is 2.44. The minimum atomic E-state index is -1.00. The molecule has 8 nitrogen and oxygen atoms in total. The molecular weight excluding hydrogens is 528 g/mol. The maximum absolute atomic E-state index is 13.7. The highest BCUT2D eigenvalue weighted by molar-refractivity contribution is 7.13. The monoisotopic (exact) mass is 562 g/mol. The molecule has 2 aliphatic rings. The van der Waals surface area contributed by atoms with E-state index in [1.165, 1.54) is 0 Å². The van der Waals surface area contributed by atoms with Crippen LogP contribution >= 0.6 is 11.3 Å². The molecule has 1 N–H and O–H groups in total. The van der Waals surface area contributed by atoms with Gasteiger partial charge in [0.1, 0.15) is 17.1 Å². The Labute approximate surface area is 238 Å². The topological polar surface area (TPSA) is 96.4 Å². The SMILES string of the molecule is CC(C)(C)OC(=O)N1CCCC(N(Cc2ccc(C(=O)O)s2)C(=O)OCC2c3ccccc3-c3ccccc32)C1. The predicted octanol–water partition coefficient (Wildman–Crippen LogP) is 6.60. The van der Waals surface area contributed by atoms with Crippen LogP contribution in [-0.4, -0.2) is 64.4 Å². The van der Waals surface area contributed by atoms with Crippen LogP contribution in [0.25, 0.3) is 11.1 Å². The summed E-state index contributed by atoms with van der Waals surface area (Å²) in [7, 11) is 0. The van der Waals surface area contributed by atoms with Gasteiger partial charge in [0.15, 0.2) is 0 Å². The van der Waals surface area contributed by atoms with Crippen LogP contribution in [0.1, 0.15) is 65.2 Å². The molecule has 1 aliphatic heterocycles. The van der Waals surface area contributed by atoms with Crippen LogP contribution in [-0.2, 0) is 16.0 Å². The second kappa shape index (κ2) is 11.3. The quantitative estimate of drug-likeness (QED) is 0.364. The lowest BCUT2D eigenvalue weighted by molar-refractivity contribution is 0.00808. The number of carboxylic acids is 1. The van der Waals surface area contributed by atoms with Crippen molar-refractivity contribution in [1.29, 1.82) is 0 Å². The summed E-state index contributed by atoms with van der Waals surface area (Å²) in [4.78, 5) is 42.2. The van der Waals surface area contributed by atoms with Gasteiger partial charge in [-0.05, 0) is 68.0 Å². The van der Waals surface area contributed by atoms with Crippen molar-refractivity contribution in [3.8, 4) is 11.1 Å². The Morgan fingerprint density at radius 2 is 1.65 bits per heavy atom. The van der Waals surface area contributed by atoms with Gasteiger partial charge in [-0.3, -0.25) is 4.90 Å². The van der Waals surface area contributed by atoms with Crippen LogP contribution in [0.5, 0.6) is 0 Å². The maximum Gasteiger partial charge on any atom is 0.410 e. The number of carboxylic acid groups (broad SMARTS) is 1. The Kier molecular flexibility index (Phi) is 7.85. The summed E-state index contributed by atoms with van der Waals surface area (Å²) >= 11 is 1.14. The number of rotatable bonds is 6. The number of likely N-dealkylation sites (tertiary alicyclic amines) is 1. The van der Waals surface area contributed by atoms with Gasteiger partial charge in [0, 0.05) is 23.9 Å². The molecule has 1 aliphatic carbocycles. The van der Waals surface area contributed by atoms with E-state index in [9.17, 15) is 19.5 Å². The van der Waals surface area contributed by atoms with E-state index in [1.807, 2.05) is 45.0 Å². The van der Waals surface area contributed by atoms with Crippen LogP contribution in [0.4, 0.5) is 9.59 Å². The molecule has 40 heavy (non-hydrogen) atoms. The fourth-order valence-electron chi connectivity index (χ4n) is 5.47. The molecule has 210 valence electrons. The second-order valence-electron chi connectivity index (χ2n) is 11.2. The molecule has 9 heteroatoms. The van der Waals surface area contributed by atoms with Crippen molar-refractivity contribution in [3.05, 3.63) is 81.5 Å². The third-order valence-corrected chi connectivity index (χ3v) is 8.32. The molecule has 1 saturated heterocycles. The van der Waals surface area contributed by atoms with Crippen molar-refractivity contribution >= 4 is 29.5 Å². The summed E-state index contributed by atoms with van der Waals surface area (Å²) in [6.45, 7) is 6.71. The van der Waals surface area contributed by atoms with Crippen molar-refractivity contribution in [3.63, 3.8) is 0 Å². The molecule has 5 rings (SSSR count). The van der Waals surface area contributed by atoms with Crippen molar-refractivity contribution in [1.82, 2.24) is 9.80 Å². The number of carbonyl (C=O) groups excluding carboxylic acids is 2. The number of fused-ring (bicyclic) bond motifs is 3. The minimum absolute atomic E-state index is 0.0804. The van der Waals surface area contributed by atoms with Gasteiger partial charge in [0.05, 0.1) is 12.6 Å². The van der Waals surface area contributed by atoms with Gasteiger partial charge in [0.2, 0.25) is 0 Å². The number of piperidine rings is 1. The van der Waals surface area contributed by atoms with Crippen molar-refractivity contribution in [2.75, 3.05) is 19.7 Å². The molecule has 1 aromatic heterocycles.